The molecule has 0 radical (unpaired) electrons. The minimum atomic E-state index is -2.32. The van der Waals surface area contributed by atoms with Gasteiger partial charge in [-0.25, -0.2) is 0 Å². The minimum absolute atomic E-state index is 0.0344. The summed E-state index contributed by atoms with van der Waals surface area (Å²) in [5.74, 6) is 0. The molecule has 0 aliphatic carbocycles. The van der Waals surface area contributed by atoms with Gasteiger partial charge >= 0.3 is 0 Å². The van der Waals surface area contributed by atoms with Crippen molar-refractivity contribution in [3.63, 3.8) is 0 Å². The summed E-state index contributed by atoms with van der Waals surface area (Å²) >= 11 is 0. The molecule has 2 aromatic heterocycles. The Bertz CT molecular complexity index is 1470. The Morgan fingerprint density at radius 3 is 1.23 bits per heavy atom. The molecule has 4 aromatic rings. The number of benzene rings is 2. The van der Waals surface area contributed by atoms with E-state index in [1.54, 1.807) is 0 Å². The second kappa shape index (κ2) is 10.4. The van der Waals surface area contributed by atoms with E-state index >= 15 is 0 Å². The van der Waals surface area contributed by atoms with Crippen LogP contribution in [-0.4, -0.2) is 18.0 Å². The van der Waals surface area contributed by atoms with Crippen molar-refractivity contribution in [1.29, 1.82) is 0 Å². The topological polar surface area (TPSA) is 25.8 Å². The average molecular weight is 543 g/mol. The number of hydrogen-bond donors (Lipinski definition) is 0. The minimum Gasteiger partial charge on any atom is -0.253 e. The molecule has 5 rings (SSSR count). The van der Waals surface area contributed by atoms with Gasteiger partial charge in [0, 0.05) is 22.2 Å². The lowest BCUT2D eigenvalue weighted by Crippen LogP contribution is -2.33. The van der Waals surface area contributed by atoms with Gasteiger partial charge in [0.05, 0.1) is 11.4 Å². The number of rotatable bonds is 5. The number of aromatic nitrogens is 2. The fourth-order valence-corrected chi connectivity index (χ4v) is 9.88. The Labute approximate surface area is 242 Å². The third-order valence-corrected chi connectivity index (χ3v) is 12.9. The van der Waals surface area contributed by atoms with Gasteiger partial charge in [-0.05, 0) is 56.9 Å². The van der Waals surface area contributed by atoms with Crippen LogP contribution < -0.4 is 0 Å². The molecular formula is C37H42N2Si. The molecular weight excluding hydrogens is 501 g/mol. The van der Waals surface area contributed by atoms with Crippen molar-refractivity contribution in [2.75, 3.05) is 0 Å². The summed E-state index contributed by atoms with van der Waals surface area (Å²) in [4.78, 5) is 10.8. The summed E-state index contributed by atoms with van der Waals surface area (Å²) in [5, 5.41) is 2.84. The van der Waals surface area contributed by atoms with Gasteiger partial charge in [-0.15, -0.1) is 0 Å². The van der Waals surface area contributed by atoms with Gasteiger partial charge in [-0.1, -0.05) is 134 Å². The first-order valence-corrected chi connectivity index (χ1v) is 17.2. The molecule has 3 heteroatoms. The van der Waals surface area contributed by atoms with Crippen LogP contribution in [0, 0.1) is 0 Å². The Morgan fingerprint density at radius 1 is 0.525 bits per heavy atom. The van der Waals surface area contributed by atoms with Gasteiger partial charge in [-0.3, -0.25) is 9.97 Å². The SMILES string of the molecule is CC[Si]1(C)C(c2cccc(C(C)(C)C)n2)=C(c2ccccc2)C(c2ccccc2)=C1c1cccc(C(C)(C)C)n1. The second-order valence-corrected chi connectivity index (χ2v) is 17.6. The van der Waals surface area contributed by atoms with Crippen LogP contribution in [0.2, 0.25) is 12.6 Å². The van der Waals surface area contributed by atoms with Gasteiger partial charge in [-0.2, -0.15) is 0 Å². The summed E-state index contributed by atoms with van der Waals surface area (Å²) in [6.07, 6.45) is 0. The van der Waals surface area contributed by atoms with Gasteiger partial charge in [0.1, 0.15) is 8.07 Å². The summed E-state index contributed by atoms with van der Waals surface area (Å²) in [5.41, 5.74) is 9.52. The zero-order valence-electron chi connectivity index (χ0n) is 25.3. The van der Waals surface area contributed by atoms with E-state index in [9.17, 15) is 0 Å². The number of hydrogen-bond acceptors (Lipinski definition) is 2. The summed E-state index contributed by atoms with van der Waals surface area (Å²) in [7, 11) is -2.32. The first-order chi connectivity index (χ1) is 18.9. The molecule has 1 aliphatic heterocycles. The van der Waals surface area contributed by atoms with Crippen molar-refractivity contribution in [3.8, 4) is 0 Å². The fraction of sp³-hybridized carbons (Fsp3) is 0.297. The van der Waals surface area contributed by atoms with Crippen LogP contribution in [0.3, 0.4) is 0 Å². The van der Waals surface area contributed by atoms with Crippen LogP contribution in [-0.2, 0) is 10.8 Å². The van der Waals surface area contributed by atoms with Gasteiger partial charge in [0.2, 0.25) is 0 Å². The lowest BCUT2D eigenvalue weighted by atomic mass is 9.89. The maximum Gasteiger partial charge on any atom is 0.122 e. The maximum absolute atomic E-state index is 5.39. The van der Waals surface area contributed by atoms with Gasteiger partial charge < -0.3 is 0 Å². The summed E-state index contributed by atoms with van der Waals surface area (Å²) in [6.45, 7) is 18.4. The van der Waals surface area contributed by atoms with E-state index in [1.165, 1.54) is 32.7 Å². The number of nitrogens with zero attached hydrogens (tertiary/aromatic N) is 2. The highest BCUT2D eigenvalue weighted by molar-refractivity contribution is 7.13. The molecule has 0 spiro atoms. The Morgan fingerprint density at radius 2 is 0.900 bits per heavy atom. The number of pyridine rings is 2. The smallest absolute Gasteiger partial charge is 0.122 e. The standard InChI is InChI=1S/C37H42N2Si/c1-9-40(8)34(28-22-16-24-30(38-28)36(2,3)4)32(26-18-12-10-13-19-26)33(27-20-14-11-15-21-27)35(40)29-23-17-25-31(39-29)37(5,6)7/h10-25H,9H2,1-8H3. The third kappa shape index (κ3) is 5.04. The normalized spacial score (nSPS) is 15.6. The van der Waals surface area contributed by atoms with Gasteiger partial charge in [0.25, 0.3) is 0 Å². The molecule has 0 N–H and O–H groups in total. The van der Waals surface area contributed by atoms with Crippen LogP contribution >= 0.6 is 0 Å². The Balaban J connectivity index is 1.93. The Hall–Kier alpha value is -3.56. The molecule has 0 saturated heterocycles. The zero-order chi connectivity index (χ0) is 28.7. The molecule has 204 valence electrons. The van der Waals surface area contributed by atoms with Crippen LogP contribution in [0.15, 0.2) is 97.1 Å². The highest BCUT2D eigenvalue weighted by Gasteiger charge is 2.47. The molecule has 0 unspecified atom stereocenters. The van der Waals surface area contributed by atoms with Crippen molar-refractivity contribution < 1.29 is 0 Å². The Kier molecular flexibility index (Phi) is 7.31. The van der Waals surface area contributed by atoms with E-state index in [0.29, 0.717) is 0 Å². The monoisotopic (exact) mass is 542 g/mol. The third-order valence-electron chi connectivity index (χ3n) is 8.23. The molecule has 2 nitrogen and oxygen atoms in total. The van der Waals surface area contributed by atoms with Crippen LogP contribution in [0.5, 0.6) is 0 Å². The van der Waals surface area contributed by atoms with E-state index in [1.807, 2.05) is 0 Å². The highest BCUT2D eigenvalue weighted by atomic mass is 28.3. The first-order valence-electron chi connectivity index (χ1n) is 14.5. The predicted octanol–water partition coefficient (Wildman–Crippen LogP) is 9.78. The molecule has 0 saturated carbocycles. The molecule has 0 bridgehead atoms. The first kappa shape index (κ1) is 28.0. The van der Waals surface area contributed by atoms with Crippen LogP contribution in [0.1, 0.15) is 82.4 Å². The van der Waals surface area contributed by atoms with Crippen molar-refractivity contribution in [3.05, 3.63) is 131 Å². The van der Waals surface area contributed by atoms with Crippen molar-refractivity contribution in [2.45, 2.75) is 71.9 Å². The van der Waals surface area contributed by atoms with Crippen LogP contribution in [0.25, 0.3) is 21.5 Å². The van der Waals surface area contributed by atoms with Crippen molar-refractivity contribution in [2.24, 2.45) is 0 Å². The molecule has 1 aliphatic rings. The van der Waals surface area contributed by atoms with E-state index < -0.39 is 8.07 Å². The number of allylic oxidation sites excluding steroid dienone is 2. The average Bonchev–Trinajstić information content (AvgIpc) is 3.23. The fourth-order valence-electron chi connectivity index (χ4n) is 5.87. The van der Waals surface area contributed by atoms with E-state index in [2.05, 4.69) is 152 Å². The molecule has 40 heavy (non-hydrogen) atoms. The van der Waals surface area contributed by atoms with E-state index in [0.717, 1.165) is 28.8 Å². The second-order valence-electron chi connectivity index (χ2n) is 13.2. The molecule has 0 amide bonds. The predicted molar refractivity (Wildman–Crippen MR) is 174 cm³/mol. The van der Waals surface area contributed by atoms with E-state index in [4.69, 9.17) is 9.97 Å². The van der Waals surface area contributed by atoms with Crippen molar-refractivity contribution in [1.82, 2.24) is 9.97 Å². The van der Waals surface area contributed by atoms with Crippen molar-refractivity contribution >= 4 is 29.6 Å². The summed E-state index contributed by atoms with van der Waals surface area (Å²) in [6, 6.07) is 36.2. The largest absolute Gasteiger partial charge is 0.253 e. The lowest BCUT2D eigenvalue weighted by Gasteiger charge is -2.30. The maximum atomic E-state index is 5.39. The van der Waals surface area contributed by atoms with E-state index in [-0.39, 0.29) is 10.8 Å². The van der Waals surface area contributed by atoms with Crippen LogP contribution in [0.4, 0.5) is 0 Å². The molecule has 0 atom stereocenters. The zero-order valence-corrected chi connectivity index (χ0v) is 26.3. The summed E-state index contributed by atoms with van der Waals surface area (Å²) < 4.78 is 0. The molecule has 0 fully saturated rings. The molecule has 3 heterocycles. The highest BCUT2D eigenvalue weighted by Crippen LogP contribution is 2.56. The lowest BCUT2D eigenvalue weighted by molar-refractivity contribution is 0.568. The molecule has 2 aromatic carbocycles. The van der Waals surface area contributed by atoms with Gasteiger partial charge in [0.15, 0.2) is 0 Å². The quantitative estimate of drug-likeness (QED) is 0.235.